The van der Waals surface area contributed by atoms with Crippen molar-refractivity contribution in [2.24, 2.45) is 17.8 Å². The van der Waals surface area contributed by atoms with E-state index in [1.807, 2.05) is 19.9 Å². The van der Waals surface area contributed by atoms with Gasteiger partial charge in [0.15, 0.2) is 0 Å². The minimum absolute atomic E-state index is 0.258. The highest BCUT2D eigenvalue weighted by molar-refractivity contribution is 5.91. The summed E-state index contributed by atoms with van der Waals surface area (Å²) >= 11 is 0. The van der Waals surface area contributed by atoms with Gasteiger partial charge in [-0.2, -0.15) is 0 Å². The number of esters is 2. The van der Waals surface area contributed by atoms with Crippen LogP contribution in [0.3, 0.4) is 0 Å². The van der Waals surface area contributed by atoms with Crippen molar-refractivity contribution in [1.82, 2.24) is 0 Å². The molecule has 0 aromatic heterocycles. The molecule has 0 unspecified atom stereocenters. The smallest absolute Gasteiger partial charge is 0.334 e. The maximum Gasteiger partial charge on any atom is 0.334 e. The van der Waals surface area contributed by atoms with E-state index in [1.54, 1.807) is 6.92 Å². The first-order chi connectivity index (χ1) is 11.7. The zero-order valence-corrected chi connectivity index (χ0v) is 15.1. The Morgan fingerprint density at radius 3 is 2.84 bits per heavy atom. The lowest BCUT2D eigenvalue weighted by Crippen LogP contribution is -2.49. The standard InChI is InChI=1S/C20H26O5/c1-6-10(2)18(21)25-17-14-13(5)19(22)24-16(14)15-11(3)8-7-9-12(4)20(15,17)23/h9-10,14-17,23H,3,5-8H2,1-2,4H3/t10-,14+,15+,16-,17-,20+/m1/s1. The highest BCUT2D eigenvalue weighted by atomic mass is 16.6. The molecule has 2 fully saturated rings. The fourth-order valence-electron chi connectivity index (χ4n) is 4.32. The Morgan fingerprint density at radius 1 is 1.52 bits per heavy atom. The molecule has 5 heteroatoms. The molecule has 3 aliphatic rings. The number of fused-ring (bicyclic) bond motifs is 3. The second kappa shape index (κ2) is 6.13. The van der Waals surface area contributed by atoms with Crippen LogP contribution in [0.5, 0.6) is 0 Å². The largest absolute Gasteiger partial charge is 0.458 e. The second-order valence-corrected chi connectivity index (χ2v) is 7.47. The van der Waals surface area contributed by atoms with Crippen LogP contribution in [-0.2, 0) is 19.1 Å². The number of carbonyl (C=O) groups excluding carboxylic acids is 2. The van der Waals surface area contributed by atoms with Crippen molar-refractivity contribution >= 4 is 11.9 Å². The topological polar surface area (TPSA) is 72.8 Å². The van der Waals surface area contributed by atoms with Crippen LogP contribution >= 0.6 is 0 Å². The van der Waals surface area contributed by atoms with Gasteiger partial charge < -0.3 is 14.6 Å². The molecule has 1 saturated carbocycles. The number of aliphatic hydroxyl groups is 1. The van der Waals surface area contributed by atoms with Crippen LogP contribution in [0.15, 0.2) is 36.0 Å². The highest BCUT2D eigenvalue weighted by Gasteiger charge is 2.68. The van der Waals surface area contributed by atoms with E-state index >= 15 is 0 Å². The lowest BCUT2D eigenvalue weighted by Gasteiger charge is -2.37. The number of hydrogen-bond donors (Lipinski definition) is 1. The van der Waals surface area contributed by atoms with Gasteiger partial charge in [0.1, 0.15) is 17.8 Å². The SMILES string of the molecule is C=C1C(=O)O[C@@H]2[C@H]1[C@@H](OC(=O)[C@H](C)CC)[C@]1(O)C(C)=CCCC(=C)[C@@H]21. The Hall–Kier alpha value is -1.88. The number of carbonyl (C=O) groups is 2. The molecule has 0 amide bonds. The summed E-state index contributed by atoms with van der Waals surface area (Å²) in [6.45, 7) is 13.5. The van der Waals surface area contributed by atoms with Gasteiger partial charge in [-0.05, 0) is 31.8 Å². The molecular formula is C20H26O5. The molecule has 5 nitrogen and oxygen atoms in total. The molecule has 0 radical (unpaired) electrons. The molecule has 3 rings (SSSR count). The first-order valence-electron chi connectivity index (χ1n) is 8.91. The molecule has 136 valence electrons. The van der Waals surface area contributed by atoms with E-state index in [0.717, 1.165) is 17.6 Å². The molecule has 1 N–H and O–H groups in total. The van der Waals surface area contributed by atoms with E-state index in [9.17, 15) is 14.7 Å². The van der Waals surface area contributed by atoms with Crippen molar-refractivity contribution in [2.45, 2.75) is 57.8 Å². The third-order valence-corrected chi connectivity index (χ3v) is 6.07. The van der Waals surface area contributed by atoms with E-state index < -0.39 is 35.6 Å². The van der Waals surface area contributed by atoms with Crippen LogP contribution < -0.4 is 0 Å². The molecule has 0 bridgehead atoms. The number of allylic oxidation sites excluding steroid dienone is 1. The van der Waals surface area contributed by atoms with Gasteiger partial charge >= 0.3 is 11.9 Å². The summed E-state index contributed by atoms with van der Waals surface area (Å²) in [5.74, 6) is -2.19. The van der Waals surface area contributed by atoms with Crippen LogP contribution in [-0.4, -0.2) is 34.9 Å². The molecular weight excluding hydrogens is 320 g/mol. The summed E-state index contributed by atoms with van der Waals surface area (Å²) in [7, 11) is 0. The maximum absolute atomic E-state index is 12.5. The molecule has 2 aliphatic carbocycles. The van der Waals surface area contributed by atoms with Crippen molar-refractivity contribution < 1.29 is 24.2 Å². The van der Waals surface area contributed by atoms with Gasteiger partial charge in [0.25, 0.3) is 0 Å². The summed E-state index contributed by atoms with van der Waals surface area (Å²) in [6, 6.07) is 0. The number of ether oxygens (including phenoxy) is 2. The summed E-state index contributed by atoms with van der Waals surface area (Å²) < 4.78 is 11.3. The minimum Gasteiger partial charge on any atom is -0.458 e. The number of rotatable bonds is 3. The Kier molecular flexibility index (Phi) is 4.40. The Balaban J connectivity index is 2.08. The summed E-state index contributed by atoms with van der Waals surface area (Å²) in [4.78, 5) is 24.5. The fraction of sp³-hybridized carbons (Fsp3) is 0.600. The zero-order chi connectivity index (χ0) is 18.5. The molecule has 1 heterocycles. The molecule has 0 aromatic carbocycles. The third-order valence-electron chi connectivity index (χ3n) is 6.07. The van der Waals surface area contributed by atoms with Crippen LogP contribution in [0.4, 0.5) is 0 Å². The predicted molar refractivity (Wildman–Crippen MR) is 92.4 cm³/mol. The lowest BCUT2D eigenvalue weighted by atomic mass is 9.79. The molecule has 0 aromatic rings. The lowest BCUT2D eigenvalue weighted by molar-refractivity contribution is -0.167. The second-order valence-electron chi connectivity index (χ2n) is 7.47. The van der Waals surface area contributed by atoms with Gasteiger partial charge in [-0.3, -0.25) is 4.79 Å². The van der Waals surface area contributed by atoms with Crippen molar-refractivity contribution in [2.75, 3.05) is 0 Å². The van der Waals surface area contributed by atoms with E-state index in [-0.39, 0.29) is 17.5 Å². The Morgan fingerprint density at radius 2 is 2.20 bits per heavy atom. The highest BCUT2D eigenvalue weighted by Crippen LogP contribution is 2.56. The monoisotopic (exact) mass is 346 g/mol. The van der Waals surface area contributed by atoms with Gasteiger partial charge in [-0.25, -0.2) is 4.79 Å². The van der Waals surface area contributed by atoms with E-state index in [2.05, 4.69) is 13.2 Å². The van der Waals surface area contributed by atoms with E-state index in [0.29, 0.717) is 12.8 Å². The minimum atomic E-state index is -1.42. The van der Waals surface area contributed by atoms with E-state index in [1.165, 1.54) is 0 Å². The normalized spacial score (nSPS) is 38.4. The van der Waals surface area contributed by atoms with Crippen LogP contribution in [0.25, 0.3) is 0 Å². The third kappa shape index (κ3) is 2.48. The van der Waals surface area contributed by atoms with Crippen molar-refractivity contribution in [1.29, 1.82) is 0 Å². The summed E-state index contributed by atoms with van der Waals surface area (Å²) in [5.41, 5.74) is 0.385. The van der Waals surface area contributed by atoms with Crippen molar-refractivity contribution in [3.63, 3.8) is 0 Å². The van der Waals surface area contributed by atoms with Crippen LogP contribution in [0, 0.1) is 17.8 Å². The molecule has 1 aliphatic heterocycles. The van der Waals surface area contributed by atoms with E-state index in [4.69, 9.17) is 9.47 Å². The molecule has 0 spiro atoms. The average Bonchev–Trinajstić information content (AvgIpc) is 2.94. The molecule has 25 heavy (non-hydrogen) atoms. The van der Waals surface area contributed by atoms with Gasteiger partial charge in [-0.1, -0.05) is 38.7 Å². The fourth-order valence-corrected chi connectivity index (χ4v) is 4.32. The Labute approximate surface area is 148 Å². The van der Waals surface area contributed by atoms with Crippen molar-refractivity contribution in [3.8, 4) is 0 Å². The summed E-state index contributed by atoms with van der Waals surface area (Å²) in [6.07, 6.45) is 2.56. The van der Waals surface area contributed by atoms with Crippen LogP contribution in [0.2, 0.25) is 0 Å². The number of hydrogen-bond acceptors (Lipinski definition) is 5. The van der Waals surface area contributed by atoms with Crippen molar-refractivity contribution in [3.05, 3.63) is 36.0 Å². The van der Waals surface area contributed by atoms with Gasteiger partial charge in [0.05, 0.1) is 17.8 Å². The van der Waals surface area contributed by atoms with Crippen LogP contribution in [0.1, 0.15) is 40.0 Å². The quantitative estimate of drug-likeness (QED) is 0.483. The average molecular weight is 346 g/mol. The first-order valence-corrected chi connectivity index (χ1v) is 8.91. The summed E-state index contributed by atoms with van der Waals surface area (Å²) in [5, 5.41) is 11.7. The zero-order valence-electron chi connectivity index (χ0n) is 15.1. The first kappa shape index (κ1) is 17.9. The van der Waals surface area contributed by atoms with Gasteiger partial charge in [-0.15, -0.1) is 0 Å². The Bertz CT molecular complexity index is 676. The molecule has 6 atom stereocenters. The van der Waals surface area contributed by atoms with Gasteiger partial charge in [0.2, 0.25) is 0 Å². The maximum atomic E-state index is 12.5. The van der Waals surface area contributed by atoms with Gasteiger partial charge in [0, 0.05) is 5.57 Å². The molecule has 1 saturated heterocycles. The predicted octanol–water partition coefficient (Wildman–Crippen LogP) is 2.70.